The second kappa shape index (κ2) is 26.8. The predicted molar refractivity (Wildman–Crippen MR) is 510 cm³/mol. The number of benzene rings is 14. The van der Waals surface area contributed by atoms with E-state index in [1.165, 1.54) is 323 Å². The minimum absolute atomic E-state index is 0.0464. The Morgan fingerprint density at radius 2 is 0.445 bits per heavy atom. The van der Waals surface area contributed by atoms with Crippen molar-refractivity contribution in [3.63, 3.8) is 0 Å². The lowest BCUT2D eigenvalue weighted by molar-refractivity contribution is 0.398. The van der Waals surface area contributed by atoms with Crippen molar-refractivity contribution in [3.05, 3.63) is 319 Å². The van der Waals surface area contributed by atoms with Gasteiger partial charge in [-0.3, -0.25) is 0 Å². The zero-order chi connectivity index (χ0) is 82.3. The van der Waals surface area contributed by atoms with Gasteiger partial charge in [-0.1, -0.05) is 320 Å². The first-order valence-corrected chi connectivity index (χ1v) is 45.7. The molecule has 0 saturated carbocycles. The molecular weight excluding hydrogens is 1430 g/mol. The molecule has 594 valence electrons. The molecule has 0 nitrogen and oxygen atoms in total. The van der Waals surface area contributed by atoms with Crippen molar-refractivity contribution >= 4 is 21.5 Å². The summed E-state index contributed by atoms with van der Waals surface area (Å²) in [4.78, 5) is 0. The van der Waals surface area contributed by atoms with Crippen molar-refractivity contribution in [2.75, 3.05) is 0 Å². The lowest BCUT2D eigenvalue weighted by Gasteiger charge is -2.34. The number of hydrogen-bond acceptors (Lipinski definition) is 0. The first-order valence-electron chi connectivity index (χ1n) is 45.7. The molecule has 0 aromatic heterocycles. The molecule has 0 heteroatoms. The van der Waals surface area contributed by atoms with Crippen LogP contribution < -0.4 is 0 Å². The average molecular weight is 1550 g/mol. The Morgan fingerprint density at radius 1 is 0.185 bits per heavy atom. The van der Waals surface area contributed by atoms with Crippen molar-refractivity contribution < 1.29 is 0 Å². The third-order valence-corrected chi connectivity index (χ3v) is 32.0. The van der Waals surface area contributed by atoms with Crippen molar-refractivity contribution in [2.24, 2.45) is 0 Å². The van der Waals surface area contributed by atoms with Crippen LogP contribution in [0.1, 0.15) is 287 Å². The van der Waals surface area contributed by atoms with Crippen LogP contribution in [0, 0.1) is 27.7 Å². The van der Waals surface area contributed by atoms with E-state index in [0.717, 1.165) is 0 Å². The Labute approximate surface area is 710 Å². The van der Waals surface area contributed by atoms with Crippen LogP contribution in [0.3, 0.4) is 0 Å². The van der Waals surface area contributed by atoms with E-state index in [1.54, 1.807) is 11.1 Å². The van der Waals surface area contributed by atoms with Gasteiger partial charge in [0.15, 0.2) is 0 Å². The lowest BCUT2D eigenvalue weighted by atomic mass is 9.69. The van der Waals surface area contributed by atoms with Gasteiger partial charge in [-0.25, -0.2) is 0 Å². The van der Waals surface area contributed by atoms with E-state index in [1.807, 2.05) is 0 Å². The third kappa shape index (κ3) is 10.8. The number of unbranched alkanes of at least 4 members (excludes halogenated alkanes) is 10. The van der Waals surface area contributed by atoms with Gasteiger partial charge in [0.25, 0.3) is 0 Å². The van der Waals surface area contributed by atoms with Crippen molar-refractivity contribution in [3.8, 4) is 122 Å². The van der Waals surface area contributed by atoms with Crippen LogP contribution in [-0.4, -0.2) is 0 Å². The molecule has 14 aromatic carbocycles. The summed E-state index contributed by atoms with van der Waals surface area (Å²) in [6, 6.07) is 88.8. The summed E-state index contributed by atoms with van der Waals surface area (Å²) in [5.74, 6) is 0. The highest BCUT2D eigenvalue weighted by Crippen LogP contribution is 2.66. The van der Waals surface area contributed by atoms with Crippen molar-refractivity contribution in [1.29, 1.82) is 0 Å². The third-order valence-electron chi connectivity index (χ3n) is 32.0. The molecular formula is C119H118. The Hall–Kier alpha value is -10.4. The number of fused-ring (bicyclic) bond motifs is 25. The van der Waals surface area contributed by atoms with Gasteiger partial charge < -0.3 is 0 Å². The molecule has 0 fully saturated rings. The molecule has 14 aromatic rings. The van der Waals surface area contributed by atoms with Crippen LogP contribution in [0.15, 0.2) is 218 Å². The summed E-state index contributed by atoms with van der Waals surface area (Å²) in [6.45, 7) is 43.9. The molecule has 0 bridgehead atoms. The van der Waals surface area contributed by atoms with Crippen LogP contribution in [-0.2, 0) is 37.9 Å². The van der Waals surface area contributed by atoms with Crippen LogP contribution in [0.5, 0.6) is 0 Å². The number of aryl methyl sites for hydroxylation is 4. The molecule has 0 atom stereocenters. The fraction of sp³-hybridized carbons (Fsp3) is 0.328. The highest BCUT2D eigenvalue weighted by atomic mass is 14.5. The number of hydrogen-bond donors (Lipinski definition) is 0. The Bertz CT molecular complexity index is 6320. The van der Waals surface area contributed by atoms with Gasteiger partial charge >= 0.3 is 0 Å². The molecule has 0 heterocycles. The molecule has 7 aliphatic rings. The summed E-state index contributed by atoms with van der Waals surface area (Å²) in [5.41, 5.74) is 55.2. The van der Waals surface area contributed by atoms with E-state index in [0.29, 0.717) is 0 Å². The molecule has 0 spiro atoms. The monoisotopic (exact) mass is 1550 g/mol. The van der Waals surface area contributed by atoms with E-state index in [9.17, 15) is 0 Å². The van der Waals surface area contributed by atoms with Crippen molar-refractivity contribution in [2.45, 2.75) is 252 Å². The lowest BCUT2D eigenvalue weighted by Crippen LogP contribution is -2.26. The highest BCUT2D eigenvalue weighted by molar-refractivity contribution is 6.13. The van der Waals surface area contributed by atoms with Crippen LogP contribution >= 0.6 is 0 Å². The van der Waals surface area contributed by atoms with Gasteiger partial charge in [0.1, 0.15) is 0 Å². The molecule has 7 aliphatic carbocycles. The Morgan fingerprint density at radius 3 is 0.824 bits per heavy atom. The molecule has 119 heavy (non-hydrogen) atoms. The molecule has 0 radical (unpaired) electrons. The smallest absolute Gasteiger partial charge is 0.0215 e. The second-order valence-corrected chi connectivity index (χ2v) is 41.0. The van der Waals surface area contributed by atoms with Gasteiger partial charge in [-0.05, 0) is 357 Å². The summed E-state index contributed by atoms with van der Waals surface area (Å²) >= 11 is 0. The van der Waals surface area contributed by atoms with Gasteiger partial charge in [0.2, 0.25) is 0 Å². The van der Waals surface area contributed by atoms with E-state index < -0.39 is 0 Å². The zero-order valence-corrected chi connectivity index (χ0v) is 74.2. The predicted octanol–water partition coefficient (Wildman–Crippen LogP) is 33.5. The van der Waals surface area contributed by atoms with Crippen LogP contribution in [0.2, 0.25) is 0 Å². The summed E-state index contributed by atoms with van der Waals surface area (Å²) < 4.78 is 0. The zero-order valence-electron chi connectivity index (χ0n) is 74.2. The van der Waals surface area contributed by atoms with Crippen LogP contribution in [0.25, 0.3) is 144 Å². The van der Waals surface area contributed by atoms with Crippen molar-refractivity contribution in [1.82, 2.24) is 0 Å². The van der Waals surface area contributed by atoms with Gasteiger partial charge in [0, 0.05) is 37.9 Å². The summed E-state index contributed by atoms with van der Waals surface area (Å²) in [5, 5.41) is 5.43. The maximum absolute atomic E-state index is 2.82. The fourth-order valence-electron chi connectivity index (χ4n) is 25.2. The molecule has 0 saturated heterocycles. The van der Waals surface area contributed by atoms with E-state index in [-0.39, 0.29) is 37.9 Å². The Balaban J connectivity index is 0.660. The molecule has 21 rings (SSSR count). The molecule has 0 amide bonds. The normalized spacial score (nSPS) is 16.6. The number of rotatable bonds is 18. The van der Waals surface area contributed by atoms with Gasteiger partial charge in [-0.15, -0.1) is 0 Å². The quantitative estimate of drug-likeness (QED) is 0.0751. The SMILES string of the molecule is CCCCCCCCC1(CCCCCCCC)c2cc3c(cc2-c2cc4c(cc21)-c1c(cc(-c2cc(C)c(-c5ccc6c(c5)C(C)(C)c5cc7c(cc5-6)C(C)(C)c5ccccc5-7)cc2C)c2ccccc12)C4(C)C)C(C)(C)c1cc(-c2cc(C)c(-c4ccc5c(c4)C(C)(C)c4cc6c(cc4-5)C(C)(C)c4ccccc4-6)cc2C)c2ccccc2c1-3. The topological polar surface area (TPSA) is 0 Å². The minimum atomic E-state index is -0.271. The minimum Gasteiger partial charge on any atom is -0.0654 e. The van der Waals surface area contributed by atoms with E-state index in [2.05, 4.69) is 343 Å². The Kier molecular flexibility index (Phi) is 17.1. The summed E-state index contributed by atoms with van der Waals surface area (Å²) in [6.07, 6.45) is 17.8. The molecule has 0 aliphatic heterocycles. The highest BCUT2D eigenvalue weighted by Gasteiger charge is 2.51. The van der Waals surface area contributed by atoms with Gasteiger partial charge in [-0.2, -0.15) is 0 Å². The maximum atomic E-state index is 2.82. The molecule has 0 N–H and O–H groups in total. The molecule has 0 unspecified atom stereocenters. The first kappa shape index (κ1) is 76.0. The van der Waals surface area contributed by atoms with Crippen LogP contribution in [0.4, 0.5) is 0 Å². The van der Waals surface area contributed by atoms with E-state index >= 15 is 0 Å². The standard InChI is InChI=1S/C119H118/c1-19-21-23-25-27-37-51-119(52-38-28-26-24-22-20-2)107-67-95-105(117(15,16)109-59-87(75-39-29-31-43-81(75)111(95)109)85-55-69(3)83(53-71(85)5)73-47-49-79-91-63-101-89(61-103(91)115(11,12)99(79)57-73)77-41-33-35-45-97(77)113(101,7)8)65-93(107)94-66-106-96(68-108(94)119)112-82-44-32-30-40-76(82)88(60-110(112)118(106,17)18)86-56-70(4)84(54-72(86)6)74-48-50-80-92-64-102-90(62-104(92)116(13,14)100(80)58-74)78-42-34-36-46-98(78)114(102,9)10/h29-36,39-50,53-68H,19-28,37-38,51-52H2,1-18H3. The van der Waals surface area contributed by atoms with Gasteiger partial charge in [0.05, 0.1) is 0 Å². The fourth-order valence-corrected chi connectivity index (χ4v) is 25.2. The first-order chi connectivity index (χ1) is 57.1. The average Bonchev–Trinajstić information content (AvgIpc) is 1.50. The summed E-state index contributed by atoms with van der Waals surface area (Å²) in [7, 11) is 0. The maximum Gasteiger partial charge on any atom is 0.0215 e. The van der Waals surface area contributed by atoms with E-state index in [4.69, 9.17) is 0 Å². The second-order valence-electron chi connectivity index (χ2n) is 41.0. The largest absolute Gasteiger partial charge is 0.0654 e.